The van der Waals surface area contributed by atoms with Gasteiger partial charge in [0.05, 0.1) is 26.2 Å². The second kappa shape index (κ2) is 6.15. The quantitative estimate of drug-likeness (QED) is 0.726. The Bertz CT molecular complexity index is 318. The molecule has 1 heterocycles. The number of nitrogens with zero attached hydrogens (tertiary/aromatic N) is 3. The normalized spacial score (nSPS) is 11.6. The Morgan fingerprint density at radius 1 is 1.25 bits per heavy atom. The highest BCUT2D eigenvalue weighted by Gasteiger charge is 2.11. The number of quaternary nitrogens is 1. The van der Waals surface area contributed by atoms with Crippen LogP contribution >= 0.6 is 0 Å². The van der Waals surface area contributed by atoms with Crippen molar-refractivity contribution in [3.05, 3.63) is 5.82 Å². The van der Waals surface area contributed by atoms with E-state index in [4.69, 9.17) is 12.6 Å². The molecule has 1 rings (SSSR count). The minimum absolute atomic E-state index is 0.385. The molecule has 0 aliphatic rings. The summed E-state index contributed by atoms with van der Waals surface area (Å²) < 4.78 is 2.07. The predicted octanol–water partition coefficient (Wildman–Crippen LogP) is 0.232. The van der Waals surface area contributed by atoms with E-state index in [9.17, 15) is 0 Å². The first-order chi connectivity index (χ1) is 7.60. The molecule has 1 aromatic rings. The van der Waals surface area contributed by atoms with Crippen molar-refractivity contribution in [3.8, 4) is 0 Å². The number of hydrogen-bond donors (Lipinski definition) is 1. The molecule has 0 fully saturated rings. The lowest BCUT2D eigenvalue weighted by atomic mass is 10.2. The number of nitrogens with one attached hydrogen (secondary N) is 1. The van der Waals surface area contributed by atoms with Gasteiger partial charge in [-0.15, -0.1) is 5.10 Å². The van der Waals surface area contributed by atoms with Crippen LogP contribution in [0.2, 0.25) is 0 Å². The maximum atomic E-state index is 5.20. The van der Waals surface area contributed by atoms with Crippen LogP contribution in [0.1, 0.15) is 39.4 Å². The third kappa shape index (κ3) is 3.15. The van der Waals surface area contributed by atoms with E-state index in [0.29, 0.717) is 11.1 Å². The molecule has 0 amide bonds. The van der Waals surface area contributed by atoms with Crippen molar-refractivity contribution in [2.24, 2.45) is 0 Å². The lowest BCUT2D eigenvalue weighted by molar-refractivity contribution is -0.897. The van der Waals surface area contributed by atoms with Gasteiger partial charge < -0.3 is 22.1 Å². The van der Waals surface area contributed by atoms with E-state index in [0.717, 1.165) is 32.0 Å². The molecule has 0 aromatic carbocycles. The average Bonchev–Trinajstić information content (AvgIpc) is 2.62. The standard InChI is InChI=1S/C11H22N4S/c1-5-14(6-2)7-8-15-10(9(3)4)12-13-11(15)16/h9H,5-8H2,1-4H3,(H,13,16). The molecule has 0 spiro atoms. The number of rotatable bonds is 6. The first-order valence-electron chi connectivity index (χ1n) is 6.03. The molecule has 0 aliphatic heterocycles. The molecule has 0 aliphatic carbocycles. The highest BCUT2D eigenvalue weighted by molar-refractivity contribution is 7.58. The van der Waals surface area contributed by atoms with Crippen molar-refractivity contribution in [2.75, 3.05) is 19.6 Å². The summed E-state index contributed by atoms with van der Waals surface area (Å²) in [4.78, 5) is 1.58. The Labute approximate surface area is 103 Å². The summed E-state index contributed by atoms with van der Waals surface area (Å²) in [5, 5.41) is 8.75. The minimum atomic E-state index is 0.385. The zero-order valence-electron chi connectivity index (χ0n) is 10.7. The zero-order chi connectivity index (χ0) is 12.1. The van der Waals surface area contributed by atoms with Crippen molar-refractivity contribution >= 4 is 12.6 Å². The molecule has 0 unspecified atom stereocenters. The maximum absolute atomic E-state index is 5.20. The van der Waals surface area contributed by atoms with Crippen LogP contribution in [-0.4, -0.2) is 34.4 Å². The first kappa shape index (κ1) is 13.4. The van der Waals surface area contributed by atoms with Gasteiger partial charge in [0.15, 0.2) is 0 Å². The molecule has 5 heteroatoms. The largest absolute Gasteiger partial charge is 0.740 e. The van der Waals surface area contributed by atoms with Gasteiger partial charge in [-0.3, -0.25) is 0 Å². The molecule has 1 N–H and O–H groups in total. The summed E-state index contributed by atoms with van der Waals surface area (Å²) in [6, 6.07) is 0. The van der Waals surface area contributed by atoms with E-state index in [1.807, 2.05) is 0 Å². The van der Waals surface area contributed by atoms with Crippen molar-refractivity contribution < 1.29 is 4.90 Å². The fraction of sp³-hybridized carbons (Fsp3) is 0.818. The summed E-state index contributed by atoms with van der Waals surface area (Å²) in [6.07, 6.45) is 0. The fourth-order valence-electron chi connectivity index (χ4n) is 1.81. The van der Waals surface area contributed by atoms with Crippen LogP contribution in [0.5, 0.6) is 0 Å². The van der Waals surface area contributed by atoms with Gasteiger partial charge in [-0.1, -0.05) is 13.8 Å². The van der Waals surface area contributed by atoms with E-state index in [1.165, 1.54) is 0 Å². The monoisotopic (exact) mass is 242 g/mol. The van der Waals surface area contributed by atoms with E-state index >= 15 is 0 Å². The molecule has 0 radical (unpaired) electrons. The Hall–Kier alpha value is -0.680. The number of hydrogen-bond acceptors (Lipinski definition) is 3. The van der Waals surface area contributed by atoms with E-state index in [1.54, 1.807) is 4.90 Å². The molecule has 16 heavy (non-hydrogen) atoms. The van der Waals surface area contributed by atoms with Crippen LogP contribution in [0.15, 0.2) is 5.16 Å². The molecule has 4 nitrogen and oxygen atoms in total. The molecule has 92 valence electrons. The highest BCUT2D eigenvalue weighted by Crippen LogP contribution is 2.12. The summed E-state index contributed by atoms with van der Waals surface area (Å²) >= 11 is 5.20. The Morgan fingerprint density at radius 2 is 1.88 bits per heavy atom. The third-order valence-corrected chi connectivity index (χ3v) is 3.25. The van der Waals surface area contributed by atoms with Gasteiger partial charge in [0.25, 0.3) is 0 Å². The Balaban J connectivity index is 2.68. The minimum Gasteiger partial charge on any atom is -0.740 e. The maximum Gasteiger partial charge on any atom is 0.134 e. The SMILES string of the molecule is CC[NH+](CC)CCn1c([S-])nnc1C(C)C. The second-order valence-corrected chi connectivity index (χ2v) is 4.72. The summed E-state index contributed by atoms with van der Waals surface area (Å²) in [5.74, 6) is 1.40. The molecule has 0 atom stereocenters. The van der Waals surface area contributed by atoms with Crippen molar-refractivity contribution in [1.82, 2.24) is 14.8 Å². The van der Waals surface area contributed by atoms with E-state index < -0.39 is 0 Å². The molecule has 0 saturated heterocycles. The molecule has 0 bridgehead atoms. The van der Waals surface area contributed by atoms with Crippen LogP contribution in [0.25, 0.3) is 0 Å². The number of aromatic nitrogens is 3. The topological polar surface area (TPSA) is 35.2 Å². The Morgan fingerprint density at radius 3 is 2.38 bits per heavy atom. The third-order valence-electron chi connectivity index (χ3n) is 2.95. The molecule has 1 aromatic heterocycles. The van der Waals surface area contributed by atoms with Crippen LogP contribution in [0, 0.1) is 0 Å². The van der Waals surface area contributed by atoms with E-state index in [2.05, 4.69) is 42.5 Å². The lowest BCUT2D eigenvalue weighted by Gasteiger charge is -2.19. The smallest absolute Gasteiger partial charge is 0.134 e. The number of likely N-dealkylation sites (N-methyl/N-ethyl adjacent to an activating group) is 1. The van der Waals surface area contributed by atoms with Crippen molar-refractivity contribution in [1.29, 1.82) is 0 Å². The molecular weight excluding hydrogens is 220 g/mol. The molecular formula is C11H22N4S. The van der Waals surface area contributed by atoms with E-state index in [-0.39, 0.29) is 0 Å². The second-order valence-electron chi connectivity index (χ2n) is 4.35. The fourth-order valence-corrected chi connectivity index (χ4v) is 2.04. The van der Waals surface area contributed by atoms with Crippen LogP contribution in [-0.2, 0) is 19.2 Å². The van der Waals surface area contributed by atoms with Gasteiger partial charge in [0, 0.05) is 11.1 Å². The van der Waals surface area contributed by atoms with Gasteiger partial charge in [0.2, 0.25) is 0 Å². The lowest BCUT2D eigenvalue weighted by Crippen LogP contribution is -3.11. The first-order valence-corrected chi connectivity index (χ1v) is 6.44. The summed E-state index contributed by atoms with van der Waals surface area (Å²) in [5.41, 5.74) is 0. The molecule has 0 saturated carbocycles. The van der Waals surface area contributed by atoms with Gasteiger partial charge in [-0.2, -0.15) is 5.10 Å². The summed E-state index contributed by atoms with van der Waals surface area (Å²) in [7, 11) is 0. The van der Waals surface area contributed by atoms with Gasteiger partial charge >= 0.3 is 0 Å². The van der Waals surface area contributed by atoms with Crippen LogP contribution < -0.4 is 4.90 Å². The van der Waals surface area contributed by atoms with Gasteiger partial charge in [0.1, 0.15) is 5.82 Å². The van der Waals surface area contributed by atoms with Crippen LogP contribution in [0.3, 0.4) is 0 Å². The van der Waals surface area contributed by atoms with Crippen LogP contribution in [0.4, 0.5) is 0 Å². The van der Waals surface area contributed by atoms with Gasteiger partial charge in [-0.05, 0) is 13.8 Å². The van der Waals surface area contributed by atoms with Crippen molar-refractivity contribution in [2.45, 2.75) is 45.3 Å². The van der Waals surface area contributed by atoms with Gasteiger partial charge in [-0.25, -0.2) is 0 Å². The zero-order valence-corrected chi connectivity index (χ0v) is 11.5. The highest BCUT2D eigenvalue weighted by atomic mass is 32.1. The average molecular weight is 242 g/mol. The predicted molar refractivity (Wildman–Crippen MR) is 66.7 cm³/mol. The Kier molecular flexibility index (Phi) is 5.15. The van der Waals surface area contributed by atoms with Crippen molar-refractivity contribution in [3.63, 3.8) is 0 Å². The summed E-state index contributed by atoms with van der Waals surface area (Å²) in [6.45, 7) is 13.0.